The Bertz CT molecular complexity index is 1150. The molecule has 0 aromatic heterocycles. The minimum absolute atomic E-state index is 0.264. The van der Waals surface area contributed by atoms with Gasteiger partial charge >= 0.3 is 0 Å². The lowest BCUT2D eigenvalue weighted by Crippen LogP contribution is -2.13. The summed E-state index contributed by atoms with van der Waals surface area (Å²) in [5.74, 6) is -1.31. The zero-order valence-electron chi connectivity index (χ0n) is 21.1. The van der Waals surface area contributed by atoms with Crippen LogP contribution in [0.2, 0.25) is 0 Å². The first-order valence-electron chi connectivity index (χ1n) is 13.3. The maximum atomic E-state index is 15.4. The fourth-order valence-corrected chi connectivity index (χ4v) is 5.65. The number of hydrogen-bond donors (Lipinski definition) is 0. The SMILES string of the molecule is C/C=C/CCc1cc2ccc(-c3ccc(C4CCC(CCCCC)CC4)cc3)c(F)c2c(F)c1F. The summed E-state index contributed by atoms with van der Waals surface area (Å²) < 4.78 is 45.1. The molecule has 0 heterocycles. The highest BCUT2D eigenvalue weighted by atomic mass is 19.2. The molecule has 0 atom stereocenters. The van der Waals surface area contributed by atoms with Crippen molar-refractivity contribution in [1.29, 1.82) is 0 Å². The number of halogens is 3. The maximum Gasteiger partial charge on any atom is 0.169 e. The minimum atomic E-state index is -1.09. The average molecular weight is 479 g/mol. The zero-order valence-corrected chi connectivity index (χ0v) is 21.1. The van der Waals surface area contributed by atoms with E-state index in [-0.39, 0.29) is 10.9 Å². The molecule has 1 aliphatic carbocycles. The van der Waals surface area contributed by atoms with Crippen molar-refractivity contribution in [3.05, 3.63) is 83.2 Å². The van der Waals surface area contributed by atoms with Crippen molar-refractivity contribution in [3.63, 3.8) is 0 Å². The molecule has 3 aromatic rings. The van der Waals surface area contributed by atoms with Crippen molar-refractivity contribution >= 4 is 10.8 Å². The van der Waals surface area contributed by atoms with Gasteiger partial charge in [0.25, 0.3) is 0 Å². The highest BCUT2D eigenvalue weighted by molar-refractivity contribution is 5.89. The van der Waals surface area contributed by atoms with Crippen LogP contribution in [0.3, 0.4) is 0 Å². The lowest BCUT2D eigenvalue weighted by Gasteiger charge is -2.29. The molecule has 3 heteroatoms. The lowest BCUT2D eigenvalue weighted by atomic mass is 9.77. The van der Waals surface area contributed by atoms with Gasteiger partial charge in [-0.05, 0) is 85.4 Å². The van der Waals surface area contributed by atoms with Crippen molar-refractivity contribution in [1.82, 2.24) is 0 Å². The molecule has 1 aliphatic rings. The zero-order chi connectivity index (χ0) is 24.8. The molecular weight excluding hydrogens is 441 g/mol. The molecule has 0 amide bonds. The van der Waals surface area contributed by atoms with Crippen LogP contribution in [0.4, 0.5) is 13.2 Å². The Morgan fingerprint density at radius 3 is 2.29 bits per heavy atom. The summed E-state index contributed by atoms with van der Waals surface area (Å²) >= 11 is 0. The fraction of sp³-hybridized carbons (Fsp3) is 0.438. The molecule has 1 fully saturated rings. The van der Waals surface area contributed by atoms with Crippen molar-refractivity contribution in [2.24, 2.45) is 5.92 Å². The molecule has 0 spiro atoms. The van der Waals surface area contributed by atoms with E-state index in [1.165, 1.54) is 56.9 Å². The lowest BCUT2D eigenvalue weighted by molar-refractivity contribution is 0.303. The summed E-state index contributed by atoms with van der Waals surface area (Å²) in [4.78, 5) is 0. The van der Waals surface area contributed by atoms with Gasteiger partial charge in [-0.1, -0.05) is 81.2 Å². The van der Waals surface area contributed by atoms with E-state index in [1.807, 2.05) is 31.2 Å². The van der Waals surface area contributed by atoms with Crippen molar-refractivity contribution in [2.45, 2.75) is 84.0 Å². The number of fused-ring (bicyclic) bond motifs is 1. The van der Waals surface area contributed by atoms with Crippen LogP contribution in [0, 0.1) is 23.4 Å². The third kappa shape index (κ3) is 5.82. The normalized spacial score (nSPS) is 18.5. The Morgan fingerprint density at radius 1 is 0.857 bits per heavy atom. The largest absolute Gasteiger partial charge is 0.206 e. The topological polar surface area (TPSA) is 0 Å². The van der Waals surface area contributed by atoms with E-state index in [0.717, 1.165) is 5.92 Å². The molecule has 0 N–H and O–H groups in total. The monoisotopic (exact) mass is 478 g/mol. The van der Waals surface area contributed by atoms with Crippen molar-refractivity contribution in [2.75, 3.05) is 0 Å². The molecule has 0 saturated heterocycles. The molecule has 35 heavy (non-hydrogen) atoms. The van der Waals surface area contributed by atoms with Crippen LogP contribution in [0.25, 0.3) is 21.9 Å². The third-order valence-electron chi connectivity index (χ3n) is 7.77. The van der Waals surface area contributed by atoms with Gasteiger partial charge in [-0.25, -0.2) is 13.2 Å². The van der Waals surface area contributed by atoms with Crippen LogP contribution in [-0.2, 0) is 6.42 Å². The number of benzene rings is 3. The van der Waals surface area contributed by atoms with Gasteiger partial charge in [0, 0.05) is 5.56 Å². The summed E-state index contributed by atoms with van der Waals surface area (Å²) in [5, 5.41) is 0.133. The van der Waals surface area contributed by atoms with Crippen molar-refractivity contribution < 1.29 is 13.2 Å². The van der Waals surface area contributed by atoms with Gasteiger partial charge in [-0.3, -0.25) is 0 Å². The second kappa shape index (κ2) is 11.9. The standard InChI is InChI=1S/C32H37F3/c1-3-5-7-9-22-11-13-23(14-12-22)24-15-17-25(18-16-24)28-20-19-26-21-27(10-8-6-4-2)30(33)32(35)29(26)31(28)34/h4,6,15-23H,3,5,7-14H2,1-2H3/b6-4+. The summed E-state index contributed by atoms with van der Waals surface area (Å²) in [6, 6.07) is 13.0. The highest BCUT2D eigenvalue weighted by Crippen LogP contribution is 2.39. The second-order valence-corrected chi connectivity index (χ2v) is 10.1. The molecular formula is C32H37F3. The smallest absolute Gasteiger partial charge is 0.169 e. The molecule has 1 saturated carbocycles. The number of allylic oxidation sites excluding steroid dienone is 2. The molecule has 186 valence electrons. The summed E-state index contributed by atoms with van der Waals surface area (Å²) in [6.07, 6.45) is 15.1. The Balaban J connectivity index is 1.51. The Labute approximate surface area is 208 Å². The molecule has 0 bridgehead atoms. The van der Waals surface area contributed by atoms with Crippen LogP contribution in [0.15, 0.2) is 54.6 Å². The van der Waals surface area contributed by atoms with E-state index in [0.29, 0.717) is 35.3 Å². The Hall–Kier alpha value is -2.55. The maximum absolute atomic E-state index is 15.4. The van der Waals surface area contributed by atoms with Crippen molar-refractivity contribution in [3.8, 4) is 11.1 Å². The van der Waals surface area contributed by atoms with Gasteiger partial charge in [0.05, 0.1) is 5.39 Å². The van der Waals surface area contributed by atoms with E-state index in [9.17, 15) is 8.78 Å². The van der Waals surface area contributed by atoms with Crippen LogP contribution in [0.1, 0.15) is 88.7 Å². The van der Waals surface area contributed by atoms with E-state index in [4.69, 9.17) is 0 Å². The Morgan fingerprint density at radius 2 is 1.60 bits per heavy atom. The second-order valence-electron chi connectivity index (χ2n) is 10.1. The summed E-state index contributed by atoms with van der Waals surface area (Å²) in [5.41, 5.74) is 2.58. The van der Waals surface area contributed by atoms with Crippen LogP contribution in [-0.4, -0.2) is 0 Å². The fourth-order valence-electron chi connectivity index (χ4n) is 5.65. The molecule has 0 radical (unpaired) electrons. The summed E-state index contributed by atoms with van der Waals surface area (Å²) in [6.45, 7) is 4.14. The van der Waals surface area contributed by atoms with Crippen LogP contribution >= 0.6 is 0 Å². The average Bonchev–Trinajstić information content (AvgIpc) is 2.88. The number of hydrogen-bond acceptors (Lipinski definition) is 0. The van der Waals surface area contributed by atoms with Gasteiger partial charge in [-0.2, -0.15) is 0 Å². The molecule has 3 aromatic carbocycles. The number of aryl methyl sites for hydroxylation is 1. The first-order chi connectivity index (χ1) is 17.0. The molecule has 0 unspecified atom stereocenters. The quantitative estimate of drug-likeness (QED) is 0.212. The predicted octanol–water partition coefficient (Wildman–Crippen LogP) is 10.3. The van der Waals surface area contributed by atoms with Crippen LogP contribution < -0.4 is 0 Å². The first-order valence-corrected chi connectivity index (χ1v) is 13.3. The Kier molecular flexibility index (Phi) is 8.70. The van der Waals surface area contributed by atoms with E-state index in [1.54, 1.807) is 18.2 Å². The van der Waals surface area contributed by atoms with Gasteiger partial charge in [0.2, 0.25) is 0 Å². The van der Waals surface area contributed by atoms with Gasteiger partial charge in [-0.15, -0.1) is 0 Å². The molecule has 0 nitrogen and oxygen atoms in total. The molecule has 0 aliphatic heterocycles. The molecule has 4 rings (SSSR count). The predicted molar refractivity (Wildman–Crippen MR) is 141 cm³/mol. The van der Waals surface area contributed by atoms with E-state index >= 15 is 4.39 Å². The third-order valence-corrected chi connectivity index (χ3v) is 7.77. The van der Waals surface area contributed by atoms with Gasteiger partial charge < -0.3 is 0 Å². The van der Waals surface area contributed by atoms with E-state index < -0.39 is 17.5 Å². The van der Waals surface area contributed by atoms with E-state index in [2.05, 4.69) is 19.1 Å². The highest BCUT2D eigenvalue weighted by Gasteiger charge is 2.23. The minimum Gasteiger partial charge on any atom is -0.206 e. The number of rotatable bonds is 9. The first kappa shape index (κ1) is 25.5. The van der Waals surface area contributed by atoms with Gasteiger partial charge in [0.15, 0.2) is 11.6 Å². The van der Waals surface area contributed by atoms with Gasteiger partial charge in [0.1, 0.15) is 5.82 Å². The number of unbranched alkanes of at least 4 members (excludes halogenated alkanes) is 2. The summed E-state index contributed by atoms with van der Waals surface area (Å²) in [7, 11) is 0. The van der Waals surface area contributed by atoms with Crippen LogP contribution in [0.5, 0.6) is 0 Å².